The maximum absolute atomic E-state index is 11.8. The number of anilines is 1. The van der Waals surface area contributed by atoms with Crippen molar-refractivity contribution in [3.8, 4) is 0 Å². The van der Waals surface area contributed by atoms with Crippen LogP contribution < -0.4 is 5.32 Å². The van der Waals surface area contributed by atoms with E-state index >= 15 is 0 Å². The molecular weight excluding hydrogens is 390 g/mol. The first-order valence-corrected chi connectivity index (χ1v) is 9.24. The molecule has 0 fully saturated rings. The summed E-state index contributed by atoms with van der Waals surface area (Å²) in [6, 6.07) is 13.1. The van der Waals surface area contributed by atoms with Gasteiger partial charge in [0.1, 0.15) is 0 Å². The highest BCUT2D eigenvalue weighted by Gasteiger charge is 2.08. The number of hydrogen-bond acceptors (Lipinski definition) is 3. The topological polar surface area (TPSA) is 63.2 Å². The van der Waals surface area contributed by atoms with Crippen LogP contribution in [0.3, 0.4) is 0 Å². The number of benzene rings is 2. The summed E-state index contributed by atoms with van der Waals surface area (Å²) in [6.45, 7) is 0. The highest BCUT2D eigenvalue weighted by Crippen LogP contribution is 2.16. The van der Waals surface area contributed by atoms with E-state index in [0.29, 0.717) is 11.3 Å². The van der Waals surface area contributed by atoms with E-state index in [4.69, 9.17) is 10.7 Å². The lowest BCUT2D eigenvalue weighted by atomic mass is 10.2. The molecule has 2 aromatic rings. The average Bonchev–Trinajstić information content (AvgIpc) is 2.47. The molecule has 1 N–H and O–H groups in total. The van der Waals surface area contributed by atoms with Crippen molar-refractivity contribution < 1.29 is 13.2 Å². The number of carbonyl (C=O) groups excluding carboxylic acids is 1. The van der Waals surface area contributed by atoms with Gasteiger partial charge in [0, 0.05) is 26.9 Å². The Morgan fingerprint density at radius 2 is 1.64 bits per heavy atom. The molecule has 0 aliphatic heterocycles. The second-order valence-corrected chi connectivity index (χ2v) is 7.82. The summed E-state index contributed by atoms with van der Waals surface area (Å²) in [5.41, 5.74) is 1.37. The third-order valence-electron chi connectivity index (χ3n) is 2.70. The van der Waals surface area contributed by atoms with Crippen LogP contribution in [0.5, 0.6) is 0 Å². The number of nitrogens with one attached hydrogen (secondary N) is 1. The smallest absolute Gasteiger partial charge is 0.261 e. The monoisotopic (exact) mass is 399 g/mol. The fraction of sp³-hybridized carbons (Fsp3) is 0. The zero-order valence-electron chi connectivity index (χ0n) is 11.2. The lowest BCUT2D eigenvalue weighted by Gasteiger charge is -2.02. The number of hydrogen-bond donors (Lipinski definition) is 1. The Kier molecular flexibility index (Phi) is 5.39. The molecule has 0 radical (unpaired) electrons. The van der Waals surface area contributed by atoms with E-state index in [-0.39, 0.29) is 10.8 Å². The fourth-order valence-corrected chi connectivity index (χ4v) is 2.66. The molecular formula is C15H11BrClNO3S. The molecule has 0 spiro atoms. The molecule has 0 saturated heterocycles. The summed E-state index contributed by atoms with van der Waals surface area (Å²) in [5.74, 6) is -0.281. The molecule has 2 aromatic carbocycles. The van der Waals surface area contributed by atoms with Crippen LogP contribution in [-0.4, -0.2) is 14.3 Å². The third kappa shape index (κ3) is 4.98. The predicted octanol–water partition coefficient (Wildman–Crippen LogP) is 4.03. The maximum Gasteiger partial charge on any atom is 0.261 e. The zero-order valence-corrected chi connectivity index (χ0v) is 14.3. The van der Waals surface area contributed by atoms with Gasteiger partial charge in [-0.25, -0.2) is 8.42 Å². The lowest BCUT2D eigenvalue weighted by Crippen LogP contribution is -2.07. The van der Waals surface area contributed by atoms with E-state index < -0.39 is 9.05 Å². The molecule has 1 amide bonds. The van der Waals surface area contributed by atoms with Crippen molar-refractivity contribution in [2.45, 2.75) is 4.90 Å². The van der Waals surface area contributed by atoms with Crippen LogP contribution in [0, 0.1) is 0 Å². The molecule has 0 saturated carbocycles. The SMILES string of the molecule is O=C(/C=C/c1ccc(S(=O)(=O)Cl)cc1)Nc1ccc(Br)cc1. The van der Waals surface area contributed by atoms with Crippen molar-refractivity contribution in [1.29, 1.82) is 0 Å². The molecule has 114 valence electrons. The Morgan fingerprint density at radius 1 is 1.05 bits per heavy atom. The van der Waals surface area contributed by atoms with Crippen molar-refractivity contribution in [2.24, 2.45) is 0 Å². The van der Waals surface area contributed by atoms with Crippen LogP contribution in [0.1, 0.15) is 5.56 Å². The largest absolute Gasteiger partial charge is 0.323 e. The van der Waals surface area contributed by atoms with Crippen LogP contribution in [0.25, 0.3) is 6.08 Å². The van der Waals surface area contributed by atoms with Crippen LogP contribution in [-0.2, 0) is 13.8 Å². The third-order valence-corrected chi connectivity index (χ3v) is 4.60. The van der Waals surface area contributed by atoms with Gasteiger partial charge < -0.3 is 5.32 Å². The number of halogens is 2. The molecule has 0 bridgehead atoms. The van der Waals surface area contributed by atoms with Crippen LogP contribution in [0.4, 0.5) is 5.69 Å². The van der Waals surface area contributed by atoms with Crippen molar-refractivity contribution in [1.82, 2.24) is 0 Å². The average molecular weight is 401 g/mol. The van der Waals surface area contributed by atoms with Gasteiger partial charge in [-0.2, -0.15) is 0 Å². The Labute approximate surface area is 141 Å². The van der Waals surface area contributed by atoms with Crippen LogP contribution in [0.15, 0.2) is 64.0 Å². The van der Waals surface area contributed by atoms with Gasteiger partial charge >= 0.3 is 0 Å². The Morgan fingerprint density at radius 3 is 2.18 bits per heavy atom. The summed E-state index contributed by atoms with van der Waals surface area (Å²) < 4.78 is 23.2. The van der Waals surface area contributed by atoms with E-state index in [1.807, 2.05) is 12.1 Å². The first-order valence-electron chi connectivity index (χ1n) is 6.14. The molecule has 0 unspecified atom stereocenters. The highest BCUT2D eigenvalue weighted by atomic mass is 79.9. The van der Waals surface area contributed by atoms with Gasteiger partial charge in [-0.05, 0) is 48.0 Å². The van der Waals surface area contributed by atoms with Gasteiger partial charge in [-0.15, -0.1) is 0 Å². The van der Waals surface area contributed by atoms with Gasteiger partial charge in [0.05, 0.1) is 4.90 Å². The van der Waals surface area contributed by atoms with Crippen molar-refractivity contribution >= 4 is 53.3 Å². The number of carbonyl (C=O) groups is 1. The standard InChI is InChI=1S/C15H11BrClNO3S/c16-12-4-6-13(7-5-12)18-15(19)10-3-11-1-8-14(9-2-11)22(17,20)21/h1-10H,(H,18,19)/b10-3+. The molecule has 0 aromatic heterocycles. The van der Waals surface area contributed by atoms with Crippen LogP contribution >= 0.6 is 26.6 Å². The molecule has 0 aliphatic rings. The molecule has 0 heterocycles. The summed E-state index contributed by atoms with van der Waals surface area (Å²) in [6.07, 6.45) is 2.95. The van der Waals surface area contributed by atoms with Crippen molar-refractivity contribution in [3.05, 3.63) is 64.6 Å². The summed E-state index contributed by atoms with van der Waals surface area (Å²) in [4.78, 5) is 11.8. The molecule has 7 heteroatoms. The number of rotatable bonds is 4. The van der Waals surface area contributed by atoms with Gasteiger partial charge in [-0.3, -0.25) is 4.79 Å². The molecule has 22 heavy (non-hydrogen) atoms. The Balaban J connectivity index is 2.02. The molecule has 2 rings (SSSR count). The Bertz CT molecular complexity index is 800. The minimum absolute atomic E-state index is 0.0191. The van der Waals surface area contributed by atoms with E-state index in [0.717, 1.165) is 4.47 Å². The van der Waals surface area contributed by atoms with Crippen molar-refractivity contribution in [2.75, 3.05) is 5.32 Å². The minimum atomic E-state index is -3.73. The second kappa shape index (κ2) is 7.09. The first kappa shape index (κ1) is 16.7. The summed E-state index contributed by atoms with van der Waals surface area (Å²) >= 11 is 3.31. The van der Waals surface area contributed by atoms with Crippen molar-refractivity contribution in [3.63, 3.8) is 0 Å². The second-order valence-electron chi connectivity index (χ2n) is 4.34. The summed E-state index contributed by atoms with van der Waals surface area (Å²) in [7, 11) is 1.50. The van der Waals surface area contributed by atoms with E-state index in [2.05, 4.69) is 21.2 Å². The van der Waals surface area contributed by atoms with E-state index in [1.54, 1.807) is 30.3 Å². The molecule has 0 atom stereocenters. The van der Waals surface area contributed by atoms with Gasteiger partial charge in [0.2, 0.25) is 5.91 Å². The zero-order chi connectivity index (χ0) is 16.2. The Hall–Kier alpha value is -1.63. The van der Waals surface area contributed by atoms with Crippen LogP contribution in [0.2, 0.25) is 0 Å². The fourth-order valence-electron chi connectivity index (χ4n) is 1.63. The van der Waals surface area contributed by atoms with Gasteiger partial charge in [0.25, 0.3) is 9.05 Å². The van der Waals surface area contributed by atoms with Gasteiger partial charge in [-0.1, -0.05) is 28.1 Å². The van der Waals surface area contributed by atoms with E-state index in [1.165, 1.54) is 18.2 Å². The lowest BCUT2D eigenvalue weighted by molar-refractivity contribution is -0.111. The predicted molar refractivity (Wildman–Crippen MR) is 91.3 cm³/mol. The molecule has 0 aliphatic carbocycles. The van der Waals surface area contributed by atoms with E-state index in [9.17, 15) is 13.2 Å². The minimum Gasteiger partial charge on any atom is -0.323 e. The maximum atomic E-state index is 11.8. The first-order chi connectivity index (χ1) is 10.3. The normalized spacial score (nSPS) is 11.5. The quantitative estimate of drug-likeness (QED) is 0.622. The van der Waals surface area contributed by atoms with Gasteiger partial charge in [0.15, 0.2) is 0 Å². The highest BCUT2D eigenvalue weighted by molar-refractivity contribution is 9.10. The summed E-state index contributed by atoms with van der Waals surface area (Å²) in [5, 5.41) is 2.71. The molecule has 4 nitrogen and oxygen atoms in total. The number of amides is 1.